The molecule has 6 heteroatoms. The van der Waals surface area contributed by atoms with E-state index in [2.05, 4.69) is 10.3 Å². The summed E-state index contributed by atoms with van der Waals surface area (Å²) in [7, 11) is 0. The van der Waals surface area contributed by atoms with E-state index < -0.39 is 17.9 Å². The van der Waals surface area contributed by atoms with Gasteiger partial charge >= 0.3 is 5.97 Å². The highest BCUT2D eigenvalue weighted by atomic mass is 16.4. The number of rotatable bonds is 5. The van der Waals surface area contributed by atoms with E-state index in [0.717, 1.165) is 12.8 Å². The van der Waals surface area contributed by atoms with Crippen LogP contribution in [0.2, 0.25) is 0 Å². The van der Waals surface area contributed by atoms with Crippen molar-refractivity contribution in [1.82, 2.24) is 10.3 Å². The second-order valence-corrected chi connectivity index (χ2v) is 5.02. The number of carbonyl (C=O) groups excluding carboxylic acids is 1. The van der Waals surface area contributed by atoms with Gasteiger partial charge in [-0.05, 0) is 30.9 Å². The van der Waals surface area contributed by atoms with Crippen molar-refractivity contribution in [3.05, 3.63) is 36.2 Å². The molecule has 2 aromatic rings. The molecule has 6 nitrogen and oxygen atoms in total. The van der Waals surface area contributed by atoms with Gasteiger partial charge in [-0.1, -0.05) is 12.1 Å². The van der Waals surface area contributed by atoms with Gasteiger partial charge in [0, 0.05) is 12.2 Å². The van der Waals surface area contributed by atoms with Crippen LogP contribution in [0.3, 0.4) is 0 Å². The van der Waals surface area contributed by atoms with Crippen molar-refractivity contribution in [1.29, 1.82) is 0 Å². The fourth-order valence-electron chi connectivity index (χ4n) is 2.12. The van der Waals surface area contributed by atoms with Crippen LogP contribution in [0.25, 0.3) is 17.2 Å². The highest BCUT2D eigenvalue weighted by molar-refractivity contribution is 5.94. The molecule has 0 bridgehead atoms. The lowest BCUT2D eigenvalue weighted by Gasteiger charge is -2.11. The third-order valence-corrected chi connectivity index (χ3v) is 3.34. The van der Waals surface area contributed by atoms with Gasteiger partial charge in [0.1, 0.15) is 11.6 Å². The van der Waals surface area contributed by atoms with E-state index in [0.29, 0.717) is 17.0 Å². The van der Waals surface area contributed by atoms with Gasteiger partial charge < -0.3 is 14.8 Å². The van der Waals surface area contributed by atoms with Crippen LogP contribution in [-0.2, 0) is 9.59 Å². The third-order valence-electron chi connectivity index (χ3n) is 3.34. The summed E-state index contributed by atoms with van der Waals surface area (Å²) in [6.07, 6.45) is 4.35. The summed E-state index contributed by atoms with van der Waals surface area (Å²) in [5.41, 5.74) is 1.35. The van der Waals surface area contributed by atoms with Crippen molar-refractivity contribution in [3.63, 3.8) is 0 Å². The number of amides is 1. The largest absolute Gasteiger partial charge is 0.480 e. The minimum Gasteiger partial charge on any atom is -0.480 e. The normalized spacial score (nSPS) is 16.2. The molecule has 0 spiro atoms. The Hall–Kier alpha value is -2.63. The molecule has 1 aromatic carbocycles. The Morgan fingerprint density at radius 2 is 2.14 bits per heavy atom. The monoisotopic (exact) mass is 286 g/mol. The van der Waals surface area contributed by atoms with Crippen LogP contribution in [0.1, 0.15) is 18.7 Å². The Labute approximate surface area is 120 Å². The number of benzene rings is 1. The average Bonchev–Trinajstić information content (AvgIpc) is 3.20. The lowest BCUT2D eigenvalue weighted by atomic mass is 10.2. The van der Waals surface area contributed by atoms with E-state index in [1.165, 1.54) is 12.2 Å². The van der Waals surface area contributed by atoms with E-state index >= 15 is 0 Å². The Morgan fingerprint density at radius 1 is 1.38 bits per heavy atom. The van der Waals surface area contributed by atoms with Crippen LogP contribution in [0.4, 0.5) is 0 Å². The first-order valence-corrected chi connectivity index (χ1v) is 6.70. The van der Waals surface area contributed by atoms with Crippen LogP contribution in [0, 0.1) is 5.92 Å². The number of oxazole rings is 1. The third kappa shape index (κ3) is 3.10. The van der Waals surface area contributed by atoms with Gasteiger partial charge in [0.25, 0.3) is 0 Å². The maximum Gasteiger partial charge on any atom is 0.326 e. The van der Waals surface area contributed by atoms with Gasteiger partial charge in [0.2, 0.25) is 11.8 Å². The number of carboxylic acids is 1. The van der Waals surface area contributed by atoms with Crippen molar-refractivity contribution in [2.24, 2.45) is 5.92 Å². The van der Waals surface area contributed by atoms with E-state index in [9.17, 15) is 9.59 Å². The van der Waals surface area contributed by atoms with Crippen molar-refractivity contribution >= 4 is 29.1 Å². The van der Waals surface area contributed by atoms with Crippen molar-refractivity contribution in [3.8, 4) is 0 Å². The standard InChI is InChI=1S/C15H14N2O4/c18-12(17-14(15(19)20)9-5-6-9)7-8-13-16-10-3-1-2-4-11(10)21-13/h1-4,7-9,14H,5-6H2,(H,17,18)(H,19,20). The predicted molar refractivity (Wildman–Crippen MR) is 75.3 cm³/mol. The Bertz CT molecular complexity index is 682. The molecule has 1 aromatic heterocycles. The average molecular weight is 286 g/mol. The molecule has 0 aliphatic heterocycles. The lowest BCUT2D eigenvalue weighted by molar-refractivity contribution is -0.141. The zero-order chi connectivity index (χ0) is 14.8. The van der Waals surface area contributed by atoms with Crippen LogP contribution >= 0.6 is 0 Å². The van der Waals surface area contributed by atoms with Crippen LogP contribution in [0.5, 0.6) is 0 Å². The lowest BCUT2D eigenvalue weighted by Crippen LogP contribution is -2.41. The summed E-state index contributed by atoms with van der Waals surface area (Å²) in [6, 6.07) is 6.46. The molecule has 1 aliphatic carbocycles. The Morgan fingerprint density at radius 3 is 2.81 bits per heavy atom. The van der Waals surface area contributed by atoms with E-state index in [-0.39, 0.29) is 5.92 Å². The molecule has 1 saturated carbocycles. The quantitative estimate of drug-likeness (QED) is 0.818. The minimum atomic E-state index is -0.999. The SMILES string of the molecule is O=C(C=Cc1nc2ccccc2o1)NC(C(=O)O)C1CC1. The van der Waals surface area contributed by atoms with Crippen LogP contribution < -0.4 is 5.32 Å². The minimum absolute atomic E-state index is 0.0455. The van der Waals surface area contributed by atoms with Crippen LogP contribution in [-0.4, -0.2) is 28.0 Å². The highest BCUT2D eigenvalue weighted by Gasteiger charge is 2.36. The van der Waals surface area contributed by atoms with Gasteiger partial charge in [-0.25, -0.2) is 9.78 Å². The highest BCUT2D eigenvalue weighted by Crippen LogP contribution is 2.32. The van der Waals surface area contributed by atoms with Gasteiger partial charge in [0.05, 0.1) is 0 Å². The number of nitrogens with one attached hydrogen (secondary N) is 1. The molecule has 2 N–H and O–H groups in total. The Balaban J connectivity index is 1.67. The summed E-state index contributed by atoms with van der Waals surface area (Å²) in [5, 5.41) is 11.5. The van der Waals surface area contributed by atoms with Crippen molar-refractivity contribution in [2.75, 3.05) is 0 Å². The predicted octanol–water partition coefficient (Wildman–Crippen LogP) is 1.82. The molecule has 1 amide bonds. The molecule has 1 atom stereocenters. The second kappa shape index (κ2) is 5.40. The number of aliphatic carboxylic acids is 1. The molecule has 1 unspecified atom stereocenters. The second-order valence-electron chi connectivity index (χ2n) is 5.02. The molecule has 1 aliphatic rings. The van der Waals surface area contributed by atoms with E-state index in [1.807, 2.05) is 18.2 Å². The first-order chi connectivity index (χ1) is 10.1. The van der Waals surface area contributed by atoms with Gasteiger partial charge in [0.15, 0.2) is 5.58 Å². The molecular weight excluding hydrogens is 272 g/mol. The molecule has 0 radical (unpaired) electrons. The molecule has 3 rings (SSSR count). The molecule has 21 heavy (non-hydrogen) atoms. The fraction of sp³-hybridized carbons (Fsp3) is 0.267. The molecule has 1 fully saturated rings. The Kier molecular flexibility index (Phi) is 3.43. The summed E-state index contributed by atoms with van der Waals surface area (Å²) in [6.45, 7) is 0. The summed E-state index contributed by atoms with van der Waals surface area (Å²) in [4.78, 5) is 27.0. The topological polar surface area (TPSA) is 92.4 Å². The molecule has 0 saturated heterocycles. The summed E-state index contributed by atoms with van der Waals surface area (Å²) in [5.74, 6) is -1.11. The fourth-order valence-corrected chi connectivity index (χ4v) is 2.12. The number of carboxylic acid groups (broad SMARTS) is 1. The maximum absolute atomic E-state index is 11.7. The van der Waals surface area contributed by atoms with Gasteiger partial charge in [-0.2, -0.15) is 0 Å². The van der Waals surface area contributed by atoms with E-state index in [1.54, 1.807) is 6.07 Å². The maximum atomic E-state index is 11.7. The smallest absolute Gasteiger partial charge is 0.326 e. The number of nitrogens with zero attached hydrogens (tertiary/aromatic N) is 1. The molecular formula is C15H14N2O4. The number of hydrogen-bond acceptors (Lipinski definition) is 4. The van der Waals surface area contributed by atoms with Crippen molar-refractivity contribution < 1.29 is 19.1 Å². The number of para-hydroxylation sites is 2. The number of aromatic nitrogens is 1. The van der Waals surface area contributed by atoms with E-state index in [4.69, 9.17) is 9.52 Å². The molecule has 1 heterocycles. The van der Waals surface area contributed by atoms with Gasteiger partial charge in [-0.15, -0.1) is 0 Å². The van der Waals surface area contributed by atoms with Crippen molar-refractivity contribution in [2.45, 2.75) is 18.9 Å². The number of hydrogen-bond donors (Lipinski definition) is 2. The summed E-state index contributed by atoms with van der Waals surface area (Å²) < 4.78 is 5.44. The number of carbonyl (C=O) groups is 2. The summed E-state index contributed by atoms with van der Waals surface area (Å²) >= 11 is 0. The zero-order valence-corrected chi connectivity index (χ0v) is 11.2. The first kappa shape index (κ1) is 13.4. The van der Waals surface area contributed by atoms with Crippen LogP contribution in [0.15, 0.2) is 34.8 Å². The number of fused-ring (bicyclic) bond motifs is 1. The first-order valence-electron chi connectivity index (χ1n) is 6.70. The molecule has 108 valence electrons. The zero-order valence-electron chi connectivity index (χ0n) is 11.2. The van der Waals surface area contributed by atoms with Gasteiger partial charge in [-0.3, -0.25) is 4.79 Å².